The molecule has 0 saturated carbocycles. The van der Waals surface area contributed by atoms with E-state index in [2.05, 4.69) is 9.97 Å². The average molecular weight is 343 g/mol. The first-order chi connectivity index (χ1) is 11.2. The quantitative estimate of drug-likeness (QED) is 0.732. The number of halogens is 1. The minimum atomic E-state index is -0.378. The van der Waals surface area contributed by atoms with Gasteiger partial charge in [0.05, 0.1) is 16.5 Å². The van der Waals surface area contributed by atoms with E-state index in [-0.39, 0.29) is 11.2 Å². The third-order valence-electron chi connectivity index (χ3n) is 3.47. The van der Waals surface area contributed by atoms with Crippen molar-refractivity contribution in [2.75, 3.05) is 0 Å². The maximum atomic E-state index is 12.4. The van der Waals surface area contributed by atoms with Crippen LogP contribution in [0.25, 0.3) is 22.3 Å². The lowest BCUT2D eigenvalue weighted by molar-refractivity contribution is 0.131. The molecule has 0 unspecified atom stereocenters. The third-order valence-corrected chi connectivity index (χ3v) is 3.71. The van der Waals surface area contributed by atoms with E-state index in [4.69, 9.17) is 16.3 Å². The highest BCUT2D eigenvalue weighted by Gasteiger charge is 2.18. The molecule has 124 valence electrons. The Morgan fingerprint density at radius 2 is 1.88 bits per heavy atom. The molecule has 0 aliphatic carbocycles. The van der Waals surface area contributed by atoms with E-state index in [1.165, 1.54) is 0 Å². The third kappa shape index (κ3) is 3.44. The van der Waals surface area contributed by atoms with Crippen molar-refractivity contribution in [1.29, 1.82) is 0 Å². The van der Waals surface area contributed by atoms with Crippen molar-refractivity contribution < 1.29 is 4.74 Å². The van der Waals surface area contributed by atoms with Crippen LogP contribution in [0, 0.1) is 6.92 Å². The van der Waals surface area contributed by atoms with Gasteiger partial charge in [-0.05, 0) is 58.0 Å². The SMILES string of the molecule is Cc1ccc2nc(-c3cc(Cl)ccc3OC(C)(C)C)[nH]c(=O)c2c1. The summed E-state index contributed by atoms with van der Waals surface area (Å²) in [7, 11) is 0. The number of aromatic amines is 1. The van der Waals surface area contributed by atoms with Gasteiger partial charge in [0.15, 0.2) is 0 Å². The van der Waals surface area contributed by atoms with Gasteiger partial charge in [-0.2, -0.15) is 0 Å². The Balaban J connectivity index is 2.22. The molecule has 0 aliphatic heterocycles. The van der Waals surface area contributed by atoms with Crippen LogP contribution in [0.4, 0.5) is 0 Å². The molecule has 24 heavy (non-hydrogen) atoms. The molecule has 1 aromatic heterocycles. The molecule has 5 heteroatoms. The van der Waals surface area contributed by atoms with Crippen LogP contribution in [0.15, 0.2) is 41.2 Å². The molecule has 0 atom stereocenters. The van der Waals surface area contributed by atoms with Gasteiger partial charge in [0.25, 0.3) is 5.56 Å². The molecule has 1 heterocycles. The Labute approximate surface area is 145 Å². The summed E-state index contributed by atoms with van der Waals surface area (Å²) in [6, 6.07) is 10.9. The van der Waals surface area contributed by atoms with Gasteiger partial charge in [0.2, 0.25) is 0 Å². The van der Waals surface area contributed by atoms with Crippen LogP contribution in [0.5, 0.6) is 5.75 Å². The molecule has 3 rings (SSSR count). The number of aromatic nitrogens is 2. The van der Waals surface area contributed by atoms with Gasteiger partial charge in [-0.1, -0.05) is 23.2 Å². The predicted molar refractivity (Wildman–Crippen MR) is 97.9 cm³/mol. The Hall–Kier alpha value is -2.33. The van der Waals surface area contributed by atoms with Crippen molar-refractivity contribution in [2.45, 2.75) is 33.3 Å². The molecule has 0 spiro atoms. The minimum Gasteiger partial charge on any atom is -0.487 e. The zero-order valence-electron chi connectivity index (χ0n) is 14.1. The Bertz CT molecular complexity index is 971. The normalized spacial score (nSPS) is 11.7. The van der Waals surface area contributed by atoms with Gasteiger partial charge < -0.3 is 9.72 Å². The first kappa shape index (κ1) is 16.5. The molecule has 0 saturated heterocycles. The number of rotatable bonds is 2. The fraction of sp³-hybridized carbons (Fsp3) is 0.263. The highest BCUT2D eigenvalue weighted by molar-refractivity contribution is 6.30. The Morgan fingerprint density at radius 1 is 1.12 bits per heavy atom. The molecule has 1 N–H and O–H groups in total. The van der Waals surface area contributed by atoms with Crippen molar-refractivity contribution in [3.63, 3.8) is 0 Å². The maximum absolute atomic E-state index is 12.4. The molecule has 2 aromatic carbocycles. The van der Waals surface area contributed by atoms with E-state index < -0.39 is 0 Å². The van der Waals surface area contributed by atoms with Gasteiger partial charge >= 0.3 is 0 Å². The van der Waals surface area contributed by atoms with Crippen molar-refractivity contribution in [1.82, 2.24) is 9.97 Å². The highest BCUT2D eigenvalue weighted by Crippen LogP contribution is 2.33. The summed E-state index contributed by atoms with van der Waals surface area (Å²) in [5, 5.41) is 1.12. The second-order valence-electron chi connectivity index (χ2n) is 6.79. The molecular weight excluding hydrogens is 324 g/mol. The van der Waals surface area contributed by atoms with Crippen LogP contribution in [0.3, 0.4) is 0 Å². The summed E-state index contributed by atoms with van der Waals surface area (Å²) < 4.78 is 5.99. The molecule has 0 radical (unpaired) electrons. The van der Waals surface area contributed by atoms with Gasteiger partial charge in [-0.15, -0.1) is 0 Å². The van der Waals surface area contributed by atoms with Crippen molar-refractivity contribution in [2.24, 2.45) is 0 Å². The van der Waals surface area contributed by atoms with E-state index in [0.29, 0.717) is 33.1 Å². The molecule has 0 bridgehead atoms. The predicted octanol–water partition coefficient (Wildman–Crippen LogP) is 4.73. The second-order valence-corrected chi connectivity index (χ2v) is 7.23. The summed E-state index contributed by atoms with van der Waals surface area (Å²) in [6.07, 6.45) is 0. The number of H-pyrrole nitrogens is 1. The second kappa shape index (κ2) is 5.95. The van der Waals surface area contributed by atoms with E-state index in [1.807, 2.05) is 45.9 Å². The van der Waals surface area contributed by atoms with Crippen LogP contribution in [0.2, 0.25) is 5.02 Å². The number of fused-ring (bicyclic) bond motifs is 1. The molecular formula is C19H19ClN2O2. The summed E-state index contributed by atoms with van der Waals surface area (Å²) in [4.78, 5) is 19.9. The minimum absolute atomic E-state index is 0.180. The Morgan fingerprint density at radius 3 is 2.58 bits per heavy atom. The summed E-state index contributed by atoms with van der Waals surface area (Å²) >= 11 is 6.14. The lowest BCUT2D eigenvalue weighted by Gasteiger charge is -2.23. The van der Waals surface area contributed by atoms with Gasteiger partial charge in [-0.25, -0.2) is 4.98 Å². The lowest BCUT2D eigenvalue weighted by atomic mass is 10.1. The number of ether oxygens (including phenoxy) is 1. The van der Waals surface area contributed by atoms with Crippen molar-refractivity contribution in [3.8, 4) is 17.1 Å². The monoisotopic (exact) mass is 342 g/mol. The molecule has 0 fully saturated rings. The van der Waals surface area contributed by atoms with Crippen LogP contribution < -0.4 is 10.3 Å². The fourth-order valence-corrected chi connectivity index (χ4v) is 2.66. The standard InChI is InChI=1S/C19H19ClN2O2/c1-11-5-7-15-13(9-11)18(23)22-17(21-15)14-10-12(20)6-8-16(14)24-19(2,3)4/h5-10H,1-4H3,(H,21,22,23). The number of nitrogens with zero attached hydrogens (tertiary/aromatic N) is 1. The highest BCUT2D eigenvalue weighted by atomic mass is 35.5. The van der Waals surface area contributed by atoms with E-state index in [0.717, 1.165) is 5.56 Å². The fourth-order valence-electron chi connectivity index (χ4n) is 2.49. The van der Waals surface area contributed by atoms with Crippen LogP contribution in [-0.2, 0) is 0 Å². The number of nitrogens with one attached hydrogen (secondary N) is 1. The first-order valence-electron chi connectivity index (χ1n) is 7.72. The molecule has 0 amide bonds. The first-order valence-corrected chi connectivity index (χ1v) is 8.10. The number of aryl methyl sites for hydroxylation is 1. The number of benzene rings is 2. The zero-order chi connectivity index (χ0) is 17.5. The van der Waals surface area contributed by atoms with Gasteiger partial charge in [-0.3, -0.25) is 4.79 Å². The Kier molecular flexibility index (Phi) is 4.10. The summed E-state index contributed by atoms with van der Waals surface area (Å²) in [5.41, 5.74) is 1.76. The van der Waals surface area contributed by atoms with E-state index in [9.17, 15) is 4.79 Å². The number of hydrogen-bond donors (Lipinski definition) is 1. The lowest BCUT2D eigenvalue weighted by Crippen LogP contribution is -2.23. The van der Waals surface area contributed by atoms with Crippen LogP contribution in [-0.4, -0.2) is 15.6 Å². The van der Waals surface area contributed by atoms with Crippen LogP contribution in [0.1, 0.15) is 26.3 Å². The largest absolute Gasteiger partial charge is 0.487 e. The molecule has 0 aliphatic rings. The summed E-state index contributed by atoms with van der Waals surface area (Å²) in [5.74, 6) is 1.07. The van der Waals surface area contributed by atoms with Crippen molar-refractivity contribution in [3.05, 3.63) is 57.3 Å². The van der Waals surface area contributed by atoms with Gasteiger partial charge in [0, 0.05) is 5.02 Å². The van der Waals surface area contributed by atoms with E-state index >= 15 is 0 Å². The topological polar surface area (TPSA) is 55.0 Å². The average Bonchev–Trinajstić information content (AvgIpc) is 2.48. The smallest absolute Gasteiger partial charge is 0.259 e. The number of hydrogen-bond acceptors (Lipinski definition) is 3. The molecule has 4 nitrogen and oxygen atoms in total. The zero-order valence-corrected chi connectivity index (χ0v) is 14.9. The van der Waals surface area contributed by atoms with E-state index in [1.54, 1.807) is 18.2 Å². The van der Waals surface area contributed by atoms with Crippen molar-refractivity contribution >= 4 is 22.5 Å². The van der Waals surface area contributed by atoms with Crippen LogP contribution >= 0.6 is 11.6 Å². The molecule has 3 aromatic rings. The summed E-state index contributed by atoms with van der Waals surface area (Å²) in [6.45, 7) is 7.83. The van der Waals surface area contributed by atoms with Gasteiger partial charge in [0.1, 0.15) is 17.2 Å². The maximum Gasteiger partial charge on any atom is 0.259 e.